The van der Waals surface area contributed by atoms with Crippen molar-refractivity contribution in [1.29, 1.82) is 0 Å². The Balaban J connectivity index is 0.958. The monoisotopic (exact) mass is 850 g/mol. The van der Waals surface area contributed by atoms with Crippen LogP contribution in [0.15, 0.2) is 146 Å². The highest BCUT2D eigenvalue weighted by atomic mass is 16.5. The first-order valence-corrected chi connectivity index (χ1v) is 22.8. The van der Waals surface area contributed by atoms with Crippen LogP contribution in [0.5, 0.6) is 23.0 Å². The summed E-state index contributed by atoms with van der Waals surface area (Å²) in [4.78, 5) is 26.2. The molecule has 0 fully saturated rings. The number of esters is 2. The number of ether oxygens (including phenoxy) is 4. The van der Waals surface area contributed by atoms with Gasteiger partial charge in [0.2, 0.25) is 0 Å². The van der Waals surface area contributed by atoms with Crippen LogP contribution in [0, 0.1) is 23.7 Å². The highest BCUT2D eigenvalue weighted by Gasteiger charge is 2.12. The Morgan fingerprint density at radius 2 is 0.703 bits per heavy atom. The van der Waals surface area contributed by atoms with Gasteiger partial charge >= 0.3 is 11.9 Å². The summed E-state index contributed by atoms with van der Waals surface area (Å²) < 4.78 is 23.3. The van der Waals surface area contributed by atoms with Gasteiger partial charge in [-0.3, -0.25) is 0 Å². The van der Waals surface area contributed by atoms with E-state index >= 15 is 0 Å². The summed E-state index contributed by atoms with van der Waals surface area (Å²) in [6.07, 6.45) is 14.8. The second-order valence-electron chi connectivity index (χ2n) is 15.8. The summed E-state index contributed by atoms with van der Waals surface area (Å²) in [6.45, 7) is 5.92. The quantitative estimate of drug-likeness (QED) is 0.0311. The lowest BCUT2D eigenvalue weighted by atomic mass is 10.1. The van der Waals surface area contributed by atoms with Crippen molar-refractivity contribution in [3.8, 4) is 57.8 Å². The lowest BCUT2D eigenvalue weighted by molar-refractivity contribution is 0.0725. The smallest absolute Gasteiger partial charge is 0.343 e. The van der Waals surface area contributed by atoms with E-state index in [1.54, 1.807) is 48.5 Å². The Morgan fingerprint density at radius 3 is 1.06 bits per heavy atom. The number of benzene rings is 6. The van der Waals surface area contributed by atoms with Gasteiger partial charge in [0, 0.05) is 22.3 Å². The average Bonchev–Trinajstić information content (AvgIpc) is 3.33. The van der Waals surface area contributed by atoms with Crippen LogP contribution in [0.3, 0.4) is 0 Å². The molecule has 0 spiro atoms. The van der Waals surface area contributed by atoms with Crippen LogP contribution in [0.2, 0.25) is 0 Å². The van der Waals surface area contributed by atoms with Crippen molar-refractivity contribution in [3.63, 3.8) is 0 Å². The first kappa shape index (κ1) is 46.5. The first-order valence-electron chi connectivity index (χ1n) is 22.8. The molecule has 0 radical (unpaired) electrons. The van der Waals surface area contributed by atoms with Crippen molar-refractivity contribution in [2.24, 2.45) is 0 Å². The topological polar surface area (TPSA) is 71.1 Å². The number of rotatable bonds is 21. The molecule has 0 amide bonds. The van der Waals surface area contributed by atoms with E-state index < -0.39 is 11.9 Å². The Labute approximate surface area is 380 Å². The zero-order chi connectivity index (χ0) is 44.6. The van der Waals surface area contributed by atoms with Gasteiger partial charge in [-0.2, -0.15) is 0 Å². The van der Waals surface area contributed by atoms with Crippen LogP contribution in [-0.2, 0) is 0 Å². The van der Waals surface area contributed by atoms with Gasteiger partial charge in [-0.05, 0) is 145 Å². The van der Waals surface area contributed by atoms with Crippen molar-refractivity contribution < 1.29 is 28.5 Å². The fourth-order valence-electron chi connectivity index (χ4n) is 6.89. The molecule has 0 aliphatic carbocycles. The number of hydrogen-bond donors (Lipinski definition) is 0. The maximum Gasteiger partial charge on any atom is 0.343 e. The van der Waals surface area contributed by atoms with Crippen molar-refractivity contribution >= 4 is 11.9 Å². The molecule has 326 valence electrons. The summed E-state index contributed by atoms with van der Waals surface area (Å²) in [5.41, 5.74) is 5.74. The highest BCUT2D eigenvalue weighted by Crippen LogP contribution is 2.28. The summed E-state index contributed by atoms with van der Waals surface area (Å²) in [5.74, 6) is 14.2. The van der Waals surface area contributed by atoms with Gasteiger partial charge in [0.15, 0.2) is 0 Å². The Hall–Kier alpha value is -7.02. The molecule has 0 aliphatic rings. The van der Waals surface area contributed by atoms with E-state index in [2.05, 4.69) is 37.5 Å². The predicted molar refractivity (Wildman–Crippen MR) is 257 cm³/mol. The van der Waals surface area contributed by atoms with Crippen molar-refractivity contribution in [3.05, 3.63) is 179 Å². The molecule has 6 nitrogen and oxygen atoms in total. The Bertz CT molecular complexity index is 2320. The van der Waals surface area contributed by atoms with E-state index in [-0.39, 0.29) is 0 Å². The molecule has 0 aliphatic heterocycles. The zero-order valence-corrected chi connectivity index (χ0v) is 37.2. The predicted octanol–water partition coefficient (Wildman–Crippen LogP) is 14.1. The molecular weight excluding hydrogens is 793 g/mol. The zero-order valence-electron chi connectivity index (χ0n) is 37.2. The molecule has 64 heavy (non-hydrogen) atoms. The van der Waals surface area contributed by atoms with Gasteiger partial charge in [-0.25, -0.2) is 9.59 Å². The molecule has 0 unspecified atom stereocenters. The molecule has 6 rings (SSSR count). The first-order chi connectivity index (χ1) is 31.4. The average molecular weight is 851 g/mol. The summed E-state index contributed by atoms with van der Waals surface area (Å²) in [5, 5.41) is 0. The minimum absolute atomic E-state index is 0.390. The Kier molecular flexibility index (Phi) is 18.7. The molecule has 0 bridgehead atoms. The van der Waals surface area contributed by atoms with Crippen LogP contribution >= 0.6 is 0 Å². The number of unbranched alkanes of at least 4 members (excludes halogenated alkanes) is 10. The van der Waals surface area contributed by atoms with E-state index in [9.17, 15) is 9.59 Å². The van der Waals surface area contributed by atoms with Gasteiger partial charge in [0.1, 0.15) is 23.0 Å². The second kappa shape index (κ2) is 25.8. The van der Waals surface area contributed by atoms with Gasteiger partial charge in [-0.1, -0.05) is 126 Å². The fraction of sp³-hybridized carbons (Fsp3) is 0.276. The van der Waals surface area contributed by atoms with E-state index in [1.807, 2.05) is 97.1 Å². The lowest BCUT2D eigenvalue weighted by Gasteiger charge is -2.09. The maximum atomic E-state index is 13.1. The van der Waals surface area contributed by atoms with Crippen LogP contribution in [0.4, 0.5) is 0 Å². The molecule has 0 atom stereocenters. The molecular formula is C58H58O6. The number of hydrogen-bond acceptors (Lipinski definition) is 6. The van der Waals surface area contributed by atoms with E-state index in [4.69, 9.17) is 18.9 Å². The third-order valence-corrected chi connectivity index (χ3v) is 10.6. The van der Waals surface area contributed by atoms with Crippen LogP contribution in [0.1, 0.15) is 134 Å². The molecule has 0 saturated carbocycles. The van der Waals surface area contributed by atoms with E-state index in [0.29, 0.717) is 22.6 Å². The second-order valence-corrected chi connectivity index (χ2v) is 15.8. The van der Waals surface area contributed by atoms with Crippen molar-refractivity contribution in [2.75, 3.05) is 13.2 Å². The van der Waals surface area contributed by atoms with E-state index in [0.717, 1.165) is 70.9 Å². The van der Waals surface area contributed by atoms with Crippen LogP contribution < -0.4 is 18.9 Å². The molecule has 6 aromatic rings. The molecule has 6 heteroatoms. The molecule has 0 N–H and O–H groups in total. The normalized spacial score (nSPS) is 10.5. The SMILES string of the molecule is CCCCCCCCOc1ccc(C#Cc2ccc(C(=O)Oc3cccc(-c4cccc(OC(=O)c5ccc(C#Cc6ccc(OCCCCCCCC)cc6)cc5)c4)c3)cc2)cc1. The molecule has 0 aromatic heterocycles. The van der Waals surface area contributed by atoms with Gasteiger partial charge in [-0.15, -0.1) is 0 Å². The molecule has 6 aromatic carbocycles. The molecule has 0 saturated heterocycles. The van der Waals surface area contributed by atoms with Gasteiger partial charge < -0.3 is 18.9 Å². The largest absolute Gasteiger partial charge is 0.494 e. The standard InChI is InChI=1S/C58H58O6/c1-3-5-7-9-11-13-41-61-53-37-29-47(30-38-53)23-21-45-25-33-49(34-26-45)57(59)63-55-19-15-17-51(43-55)52-18-16-20-56(44-52)64-58(60)50-35-27-46(28-36-50)22-24-48-31-39-54(40-32-48)62-42-14-12-10-8-6-4-2/h15-20,25-40,43-44H,3-14,41-42H2,1-2H3. The summed E-state index contributed by atoms with van der Waals surface area (Å²) in [6, 6.07) is 44.2. The maximum absolute atomic E-state index is 13.1. The van der Waals surface area contributed by atoms with Crippen molar-refractivity contribution in [2.45, 2.75) is 90.9 Å². The highest BCUT2D eigenvalue weighted by molar-refractivity contribution is 5.92. The summed E-state index contributed by atoms with van der Waals surface area (Å²) in [7, 11) is 0. The van der Waals surface area contributed by atoms with Crippen molar-refractivity contribution in [1.82, 2.24) is 0 Å². The minimum Gasteiger partial charge on any atom is -0.494 e. The lowest BCUT2D eigenvalue weighted by Crippen LogP contribution is -2.08. The van der Waals surface area contributed by atoms with Gasteiger partial charge in [0.25, 0.3) is 0 Å². The minimum atomic E-state index is -0.481. The third-order valence-electron chi connectivity index (χ3n) is 10.6. The molecule has 0 heterocycles. The summed E-state index contributed by atoms with van der Waals surface area (Å²) >= 11 is 0. The Morgan fingerprint density at radius 1 is 0.375 bits per heavy atom. The van der Waals surface area contributed by atoms with Crippen LogP contribution in [0.25, 0.3) is 11.1 Å². The van der Waals surface area contributed by atoms with Crippen LogP contribution in [-0.4, -0.2) is 25.2 Å². The van der Waals surface area contributed by atoms with Gasteiger partial charge in [0.05, 0.1) is 24.3 Å². The third kappa shape index (κ3) is 15.7. The fourth-order valence-corrected chi connectivity index (χ4v) is 6.89. The van der Waals surface area contributed by atoms with E-state index in [1.165, 1.54) is 64.2 Å². The number of carbonyl (C=O) groups excluding carboxylic acids is 2. The number of carbonyl (C=O) groups is 2.